The molecule has 18 heavy (non-hydrogen) atoms. The van der Waals surface area contributed by atoms with E-state index < -0.39 is 0 Å². The minimum atomic E-state index is 0.988. The van der Waals surface area contributed by atoms with Gasteiger partial charge in [0.1, 0.15) is 5.65 Å². The summed E-state index contributed by atoms with van der Waals surface area (Å²) in [5.41, 5.74) is 4.44. The van der Waals surface area contributed by atoms with Crippen LogP contribution in [0.2, 0.25) is 0 Å². The molecule has 0 bridgehead atoms. The molecule has 3 rings (SSSR count). The van der Waals surface area contributed by atoms with Gasteiger partial charge in [-0.2, -0.15) is 0 Å². The predicted octanol–water partition coefficient (Wildman–Crippen LogP) is 4.70. The lowest BCUT2D eigenvalue weighted by molar-refractivity contribution is 1.15. The highest BCUT2D eigenvalue weighted by molar-refractivity contribution is 14.1. The number of alkyl halides is 1. The van der Waals surface area contributed by atoms with Crippen molar-refractivity contribution >= 4 is 44.2 Å². The van der Waals surface area contributed by atoms with Crippen molar-refractivity contribution in [3.63, 3.8) is 0 Å². The van der Waals surface area contributed by atoms with Crippen LogP contribution < -0.4 is 0 Å². The van der Waals surface area contributed by atoms with E-state index in [9.17, 15) is 0 Å². The zero-order valence-electron chi connectivity index (χ0n) is 9.48. The molecule has 4 heteroatoms. The second-order valence-electron chi connectivity index (χ2n) is 4.07. The van der Waals surface area contributed by atoms with Gasteiger partial charge < -0.3 is 4.40 Å². The molecule has 0 saturated heterocycles. The fourth-order valence-electron chi connectivity index (χ4n) is 1.88. The van der Waals surface area contributed by atoms with Gasteiger partial charge in [0.25, 0.3) is 0 Å². The van der Waals surface area contributed by atoms with Gasteiger partial charge in [-0.3, -0.25) is 0 Å². The first-order chi connectivity index (χ1) is 8.76. The van der Waals surface area contributed by atoms with Crippen LogP contribution in [0, 0.1) is 0 Å². The summed E-state index contributed by atoms with van der Waals surface area (Å²) in [6.45, 7) is 0. The number of halogens is 2. The molecule has 0 unspecified atom stereocenters. The van der Waals surface area contributed by atoms with Crippen LogP contribution in [0.25, 0.3) is 16.9 Å². The molecule has 2 heterocycles. The average molecular weight is 413 g/mol. The number of rotatable bonds is 2. The largest absolute Gasteiger partial charge is 0.306 e. The number of nitrogens with zero attached hydrogens (tertiary/aromatic N) is 2. The number of aromatic nitrogens is 2. The third-order valence-electron chi connectivity index (χ3n) is 2.81. The lowest BCUT2D eigenvalue weighted by atomic mass is 10.2. The van der Waals surface area contributed by atoms with Crippen molar-refractivity contribution in [3.8, 4) is 11.3 Å². The highest BCUT2D eigenvalue weighted by Gasteiger charge is 2.04. The Kier molecular flexibility index (Phi) is 3.39. The van der Waals surface area contributed by atoms with E-state index >= 15 is 0 Å². The van der Waals surface area contributed by atoms with Gasteiger partial charge in [0.2, 0.25) is 0 Å². The monoisotopic (exact) mass is 412 g/mol. The summed E-state index contributed by atoms with van der Waals surface area (Å²) in [6, 6.07) is 12.4. The maximum atomic E-state index is 4.63. The number of imidazole rings is 1. The van der Waals surface area contributed by atoms with Gasteiger partial charge in [0.05, 0.1) is 5.69 Å². The zero-order chi connectivity index (χ0) is 12.5. The SMILES string of the molecule is Brc1ccc(-c2cn3cc(CI)ccc3n2)cc1. The van der Waals surface area contributed by atoms with E-state index in [1.807, 2.05) is 12.1 Å². The number of fused-ring (bicyclic) bond motifs is 1. The molecule has 0 aliphatic carbocycles. The molecule has 1 aromatic carbocycles. The molecule has 0 aliphatic heterocycles. The highest BCUT2D eigenvalue weighted by atomic mass is 127. The molecule has 0 saturated carbocycles. The maximum absolute atomic E-state index is 4.63. The lowest BCUT2D eigenvalue weighted by Crippen LogP contribution is -1.85. The van der Waals surface area contributed by atoms with Crippen molar-refractivity contribution in [1.29, 1.82) is 0 Å². The Morgan fingerprint density at radius 3 is 2.56 bits per heavy atom. The topological polar surface area (TPSA) is 17.3 Å². The number of benzene rings is 1. The Morgan fingerprint density at radius 1 is 1.06 bits per heavy atom. The van der Waals surface area contributed by atoms with Gasteiger partial charge in [-0.25, -0.2) is 4.98 Å². The summed E-state index contributed by atoms with van der Waals surface area (Å²) in [4.78, 5) is 4.63. The van der Waals surface area contributed by atoms with Gasteiger partial charge in [-0.15, -0.1) is 0 Å². The van der Waals surface area contributed by atoms with Crippen molar-refractivity contribution < 1.29 is 0 Å². The third-order valence-corrected chi connectivity index (χ3v) is 4.22. The van der Waals surface area contributed by atoms with Crippen LogP contribution in [0.1, 0.15) is 5.56 Å². The van der Waals surface area contributed by atoms with Crippen molar-refractivity contribution in [2.45, 2.75) is 4.43 Å². The average Bonchev–Trinajstić information content (AvgIpc) is 2.82. The normalized spacial score (nSPS) is 11.0. The molecule has 90 valence electrons. The van der Waals surface area contributed by atoms with Crippen molar-refractivity contribution in [2.24, 2.45) is 0 Å². The first-order valence-electron chi connectivity index (χ1n) is 5.56. The zero-order valence-corrected chi connectivity index (χ0v) is 13.2. The van der Waals surface area contributed by atoms with E-state index in [-0.39, 0.29) is 0 Å². The fourth-order valence-corrected chi connectivity index (χ4v) is 2.59. The van der Waals surface area contributed by atoms with Crippen LogP contribution in [0.5, 0.6) is 0 Å². The predicted molar refractivity (Wildman–Crippen MR) is 86.1 cm³/mol. The summed E-state index contributed by atoms with van der Waals surface area (Å²) >= 11 is 5.81. The maximum Gasteiger partial charge on any atom is 0.137 e. The van der Waals surface area contributed by atoms with E-state index in [1.54, 1.807) is 0 Å². The van der Waals surface area contributed by atoms with Crippen LogP contribution in [0.15, 0.2) is 53.3 Å². The molecule has 2 aromatic heterocycles. The number of hydrogen-bond acceptors (Lipinski definition) is 1. The summed E-state index contributed by atoms with van der Waals surface area (Å²) in [5.74, 6) is 0. The Morgan fingerprint density at radius 2 is 1.83 bits per heavy atom. The molecular formula is C14H10BrIN2. The van der Waals surface area contributed by atoms with E-state index in [4.69, 9.17) is 0 Å². The second-order valence-corrected chi connectivity index (χ2v) is 5.75. The van der Waals surface area contributed by atoms with Gasteiger partial charge in [-0.05, 0) is 23.8 Å². The summed E-state index contributed by atoms with van der Waals surface area (Å²) in [6.07, 6.45) is 4.21. The smallest absolute Gasteiger partial charge is 0.137 e. The van der Waals surface area contributed by atoms with Crippen molar-refractivity contribution in [3.05, 3.63) is 58.8 Å². The molecular weight excluding hydrogens is 403 g/mol. The van der Waals surface area contributed by atoms with Crippen LogP contribution in [-0.4, -0.2) is 9.38 Å². The minimum absolute atomic E-state index is 0.988. The molecule has 0 aliphatic rings. The fraction of sp³-hybridized carbons (Fsp3) is 0.0714. The van der Waals surface area contributed by atoms with Crippen LogP contribution in [-0.2, 0) is 4.43 Å². The molecule has 3 aromatic rings. The summed E-state index contributed by atoms with van der Waals surface area (Å²) in [7, 11) is 0. The van der Waals surface area contributed by atoms with Gasteiger partial charge in [0, 0.05) is 26.9 Å². The van der Waals surface area contributed by atoms with Crippen molar-refractivity contribution in [2.75, 3.05) is 0 Å². The Bertz CT molecular complexity index is 689. The molecule has 2 nitrogen and oxygen atoms in total. The lowest BCUT2D eigenvalue weighted by Gasteiger charge is -1.96. The molecule has 0 spiro atoms. The van der Waals surface area contributed by atoms with Gasteiger partial charge in [0.15, 0.2) is 0 Å². The number of hydrogen-bond donors (Lipinski definition) is 0. The number of pyridine rings is 1. The Labute approximate surface area is 127 Å². The molecule has 0 fully saturated rings. The molecule has 0 N–H and O–H groups in total. The minimum Gasteiger partial charge on any atom is -0.306 e. The highest BCUT2D eigenvalue weighted by Crippen LogP contribution is 2.22. The van der Waals surface area contributed by atoms with Crippen LogP contribution in [0.4, 0.5) is 0 Å². The standard InChI is InChI=1S/C14H10BrIN2/c15-12-4-2-11(3-5-12)13-9-18-8-10(7-16)1-6-14(18)17-13/h1-6,8-9H,7H2. The van der Waals surface area contributed by atoms with Crippen molar-refractivity contribution in [1.82, 2.24) is 9.38 Å². The summed E-state index contributed by atoms with van der Waals surface area (Å²) in [5, 5.41) is 0. The van der Waals surface area contributed by atoms with E-state index in [0.29, 0.717) is 0 Å². The second kappa shape index (κ2) is 5.01. The molecule has 0 atom stereocenters. The van der Waals surface area contributed by atoms with E-state index in [2.05, 4.69) is 84.6 Å². The first kappa shape index (κ1) is 12.2. The van der Waals surface area contributed by atoms with Gasteiger partial charge >= 0.3 is 0 Å². The molecule has 0 amide bonds. The van der Waals surface area contributed by atoms with E-state index in [1.165, 1.54) is 5.56 Å². The van der Waals surface area contributed by atoms with Crippen LogP contribution >= 0.6 is 38.5 Å². The quantitative estimate of drug-likeness (QED) is 0.440. The van der Waals surface area contributed by atoms with Gasteiger partial charge in [-0.1, -0.05) is 56.7 Å². The first-order valence-corrected chi connectivity index (χ1v) is 7.87. The molecule has 0 radical (unpaired) electrons. The Balaban J connectivity index is 2.10. The van der Waals surface area contributed by atoms with Crippen LogP contribution in [0.3, 0.4) is 0 Å². The third kappa shape index (κ3) is 2.31. The Hall–Kier alpha value is -0.880. The summed E-state index contributed by atoms with van der Waals surface area (Å²) < 4.78 is 4.19. The van der Waals surface area contributed by atoms with E-state index in [0.717, 1.165) is 25.8 Å².